The minimum Gasteiger partial charge on any atom is -0.299 e. The summed E-state index contributed by atoms with van der Waals surface area (Å²) in [6, 6.07) is 0. The molecule has 84 valence electrons. The zero-order valence-electron chi connectivity index (χ0n) is 10.1. The highest BCUT2D eigenvalue weighted by Crippen LogP contribution is 2.70. The second kappa shape index (κ2) is 2.87. The topological polar surface area (TPSA) is 17.1 Å². The second-order valence-corrected chi connectivity index (χ2v) is 6.70. The van der Waals surface area contributed by atoms with E-state index in [2.05, 4.69) is 20.8 Å². The summed E-state index contributed by atoms with van der Waals surface area (Å²) < 4.78 is 0. The SMILES string of the molecule is C[C@@H]1CCC(=O)[C@H]2CC[C@@H]3[C@H]([C@H]12)C3(C)C. The van der Waals surface area contributed by atoms with E-state index in [0.717, 1.165) is 36.5 Å². The first-order valence-corrected chi connectivity index (χ1v) is 6.56. The van der Waals surface area contributed by atoms with Crippen LogP contribution in [-0.4, -0.2) is 5.78 Å². The van der Waals surface area contributed by atoms with Gasteiger partial charge in [0.05, 0.1) is 0 Å². The number of ketones is 1. The highest BCUT2D eigenvalue weighted by molar-refractivity contribution is 5.82. The predicted octanol–water partition coefficient (Wildman–Crippen LogP) is 3.28. The number of hydrogen-bond acceptors (Lipinski definition) is 1. The van der Waals surface area contributed by atoms with Crippen LogP contribution in [0.4, 0.5) is 0 Å². The summed E-state index contributed by atoms with van der Waals surface area (Å²) in [5.74, 6) is 4.36. The molecule has 0 aromatic rings. The maximum Gasteiger partial charge on any atom is 0.136 e. The average Bonchev–Trinajstić information content (AvgIpc) is 2.76. The molecule has 3 rings (SSSR count). The molecule has 15 heavy (non-hydrogen) atoms. The molecule has 0 aromatic heterocycles. The summed E-state index contributed by atoms with van der Waals surface area (Å²) in [6.07, 6.45) is 4.52. The maximum absolute atomic E-state index is 11.9. The lowest BCUT2D eigenvalue weighted by molar-refractivity contribution is -0.130. The third-order valence-electron chi connectivity index (χ3n) is 5.72. The molecule has 3 aliphatic carbocycles. The van der Waals surface area contributed by atoms with E-state index >= 15 is 0 Å². The third-order valence-corrected chi connectivity index (χ3v) is 5.72. The normalized spacial score (nSPS) is 51.9. The monoisotopic (exact) mass is 206 g/mol. The maximum atomic E-state index is 11.9. The second-order valence-electron chi connectivity index (χ2n) is 6.70. The largest absolute Gasteiger partial charge is 0.299 e. The number of fused-ring (bicyclic) bond motifs is 3. The highest BCUT2D eigenvalue weighted by Gasteiger charge is 2.65. The lowest BCUT2D eigenvalue weighted by atomic mass is 9.65. The van der Waals surface area contributed by atoms with E-state index in [1.54, 1.807) is 0 Å². The number of rotatable bonds is 0. The van der Waals surface area contributed by atoms with Crippen molar-refractivity contribution in [2.45, 2.75) is 46.5 Å². The van der Waals surface area contributed by atoms with Crippen molar-refractivity contribution < 1.29 is 4.79 Å². The molecule has 0 N–H and O–H groups in total. The Morgan fingerprint density at radius 3 is 2.67 bits per heavy atom. The van der Waals surface area contributed by atoms with E-state index < -0.39 is 0 Å². The van der Waals surface area contributed by atoms with Crippen molar-refractivity contribution in [2.75, 3.05) is 0 Å². The Morgan fingerprint density at radius 2 is 1.93 bits per heavy atom. The first kappa shape index (κ1) is 9.86. The van der Waals surface area contributed by atoms with Crippen molar-refractivity contribution in [1.82, 2.24) is 0 Å². The van der Waals surface area contributed by atoms with Crippen LogP contribution in [0.25, 0.3) is 0 Å². The zero-order valence-corrected chi connectivity index (χ0v) is 10.1. The van der Waals surface area contributed by atoms with Crippen molar-refractivity contribution in [3.05, 3.63) is 0 Å². The van der Waals surface area contributed by atoms with Gasteiger partial charge < -0.3 is 0 Å². The van der Waals surface area contributed by atoms with Gasteiger partial charge in [0.25, 0.3) is 0 Å². The molecule has 0 bridgehead atoms. The lowest BCUT2D eigenvalue weighted by Gasteiger charge is -2.39. The standard InChI is InChI=1S/C14H22O/c1-8-4-7-11(15)9-5-6-10-13(12(8)9)14(10,2)3/h8-10,12-13H,4-7H2,1-3H3/t8-,9-,10-,12-,13-/m1/s1. The average molecular weight is 206 g/mol. The van der Waals surface area contributed by atoms with Gasteiger partial charge in [-0.1, -0.05) is 20.8 Å². The molecule has 3 fully saturated rings. The molecule has 0 aliphatic heterocycles. The van der Waals surface area contributed by atoms with Gasteiger partial charge in [-0.25, -0.2) is 0 Å². The van der Waals surface area contributed by atoms with Crippen LogP contribution in [0.1, 0.15) is 46.5 Å². The fourth-order valence-electron chi connectivity index (χ4n) is 4.78. The van der Waals surface area contributed by atoms with Gasteiger partial charge in [-0.15, -0.1) is 0 Å². The van der Waals surface area contributed by atoms with E-state index in [0.29, 0.717) is 17.1 Å². The predicted molar refractivity (Wildman–Crippen MR) is 60.4 cm³/mol. The summed E-state index contributed by atoms with van der Waals surface area (Å²) in [6.45, 7) is 7.20. The molecule has 1 heteroatoms. The molecule has 0 saturated heterocycles. The van der Waals surface area contributed by atoms with Crippen LogP contribution in [0.3, 0.4) is 0 Å². The first-order valence-electron chi connectivity index (χ1n) is 6.56. The van der Waals surface area contributed by atoms with Crippen molar-refractivity contribution in [3.8, 4) is 0 Å². The number of carbonyl (C=O) groups is 1. The van der Waals surface area contributed by atoms with Gasteiger partial charge >= 0.3 is 0 Å². The van der Waals surface area contributed by atoms with E-state index in [4.69, 9.17) is 0 Å². The Labute approximate surface area is 92.6 Å². The summed E-state index contributed by atoms with van der Waals surface area (Å²) in [7, 11) is 0. The van der Waals surface area contributed by atoms with Crippen LogP contribution >= 0.6 is 0 Å². The molecule has 0 radical (unpaired) electrons. The van der Waals surface area contributed by atoms with Gasteiger partial charge in [0.15, 0.2) is 0 Å². The third kappa shape index (κ3) is 1.18. The summed E-state index contributed by atoms with van der Waals surface area (Å²) >= 11 is 0. The molecule has 1 nitrogen and oxygen atoms in total. The Kier molecular flexibility index (Phi) is 1.88. The summed E-state index contributed by atoms with van der Waals surface area (Å²) in [5, 5.41) is 0. The van der Waals surface area contributed by atoms with Gasteiger partial charge in [-0.3, -0.25) is 4.79 Å². The smallest absolute Gasteiger partial charge is 0.136 e. The molecule has 0 unspecified atom stereocenters. The highest BCUT2D eigenvalue weighted by atomic mass is 16.1. The minimum absolute atomic E-state index is 0.441. The molecule has 0 amide bonds. The van der Waals surface area contributed by atoms with Crippen LogP contribution in [0.2, 0.25) is 0 Å². The van der Waals surface area contributed by atoms with Gasteiger partial charge in [-0.2, -0.15) is 0 Å². The molecule has 3 saturated carbocycles. The Balaban J connectivity index is 1.90. The number of carbonyl (C=O) groups excluding carboxylic acids is 1. The molecular weight excluding hydrogens is 184 g/mol. The van der Waals surface area contributed by atoms with Crippen molar-refractivity contribution >= 4 is 5.78 Å². The molecule has 0 spiro atoms. The quantitative estimate of drug-likeness (QED) is 0.594. The van der Waals surface area contributed by atoms with Crippen LogP contribution in [0.5, 0.6) is 0 Å². The molecular formula is C14H22O. The molecule has 5 atom stereocenters. The van der Waals surface area contributed by atoms with Crippen molar-refractivity contribution in [3.63, 3.8) is 0 Å². The Bertz CT molecular complexity index is 304. The first-order chi connectivity index (χ1) is 7.03. The summed E-state index contributed by atoms with van der Waals surface area (Å²) in [4.78, 5) is 11.9. The number of hydrogen-bond donors (Lipinski definition) is 0. The van der Waals surface area contributed by atoms with E-state index in [1.165, 1.54) is 12.8 Å². The van der Waals surface area contributed by atoms with Crippen molar-refractivity contribution in [1.29, 1.82) is 0 Å². The molecule has 3 aliphatic rings. The van der Waals surface area contributed by atoms with Crippen LogP contribution in [0.15, 0.2) is 0 Å². The number of Topliss-reactive ketones (excluding diaryl/α,β-unsaturated/α-hetero) is 1. The van der Waals surface area contributed by atoms with Gasteiger partial charge in [0.2, 0.25) is 0 Å². The van der Waals surface area contributed by atoms with E-state index in [9.17, 15) is 4.79 Å². The van der Waals surface area contributed by atoms with E-state index in [1.807, 2.05) is 0 Å². The van der Waals surface area contributed by atoms with Crippen LogP contribution < -0.4 is 0 Å². The van der Waals surface area contributed by atoms with Gasteiger partial charge in [-0.05, 0) is 48.3 Å². The Morgan fingerprint density at radius 1 is 1.20 bits per heavy atom. The van der Waals surface area contributed by atoms with Gasteiger partial charge in [0, 0.05) is 12.3 Å². The van der Waals surface area contributed by atoms with Crippen LogP contribution in [0, 0.1) is 35.0 Å². The lowest BCUT2D eigenvalue weighted by Crippen LogP contribution is -2.38. The van der Waals surface area contributed by atoms with Crippen LogP contribution in [-0.2, 0) is 4.79 Å². The fourth-order valence-corrected chi connectivity index (χ4v) is 4.78. The summed E-state index contributed by atoms with van der Waals surface area (Å²) in [5.41, 5.74) is 0.547. The van der Waals surface area contributed by atoms with Crippen molar-refractivity contribution in [2.24, 2.45) is 35.0 Å². The minimum atomic E-state index is 0.441. The fraction of sp³-hybridized carbons (Fsp3) is 0.929. The Hall–Kier alpha value is -0.330. The molecule has 0 aromatic carbocycles. The van der Waals surface area contributed by atoms with E-state index in [-0.39, 0.29) is 0 Å². The molecule has 0 heterocycles. The van der Waals surface area contributed by atoms with Gasteiger partial charge in [0.1, 0.15) is 5.78 Å². The zero-order chi connectivity index (χ0) is 10.8.